The van der Waals surface area contributed by atoms with E-state index in [1.54, 1.807) is 12.1 Å². The van der Waals surface area contributed by atoms with E-state index >= 15 is 0 Å². The molecule has 2 aliphatic rings. The SMILES string of the molecule is CN1CCCC(N2CCN(c3ccc(-c4ccc(F)cc4)nn3)CC2)C1. The van der Waals surface area contributed by atoms with E-state index in [0.717, 1.165) is 43.3 Å². The van der Waals surface area contributed by atoms with Gasteiger partial charge in [0.25, 0.3) is 0 Å². The molecule has 1 aromatic carbocycles. The van der Waals surface area contributed by atoms with Gasteiger partial charge in [0, 0.05) is 44.3 Å². The number of piperazine rings is 1. The van der Waals surface area contributed by atoms with Gasteiger partial charge in [0.15, 0.2) is 5.82 Å². The minimum Gasteiger partial charge on any atom is -0.353 e. The normalized spacial score (nSPS) is 22.5. The molecule has 1 aromatic heterocycles. The van der Waals surface area contributed by atoms with Gasteiger partial charge in [-0.15, -0.1) is 10.2 Å². The summed E-state index contributed by atoms with van der Waals surface area (Å²) < 4.78 is 13.0. The quantitative estimate of drug-likeness (QED) is 0.845. The number of benzene rings is 1. The molecule has 3 heterocycles. The Bertz CT molecular complexity index is 710. The third-order valence-electron chi connectivity index (χ3n) is 5.54. The molecular formula is C20H26FN5. The molecule has 0 spiro atoms. The predicted octanol–water partition coefficient (Wildman–Crippen LogP) is 2.50. The van der Waals surface area contributed by atoms with Crippen molar-refractivity contribution in [2.24, 2.45) is 0 Å². The van der Waals surface area contributed by atoms with E-state index in [2.05, 4.69) is 31.9 Å². The zero-order chi connectivity index (χ0) is 17.9. The molecule has 2 aliphatic heterocycles. The first-order valence-electron chi connectivity index (χ1n) is 9.46. The number of likely N-dealkylation sites (N-methyl/N-ethyl adjacent to an activating group) is 1. The molecule has 0 aliphatic carbocycles. The van der Waals surface area contributed by atoms with Gasteiger partial charge in [-0.2, -0.15) is 0 Å². The Morgan fingerprint density at radius 3 is 2.35 bits per heavy atom. The fourth-order valence-corrected chi connectivity index (χ4v) is 4.02. The molecule has 2 aromatic rings. The lowest BCUT2D eigenvalue weighted by molar-refractivity contribution is 0.106. The smallest absolute Gasteiger partial charge is 0.151 e. The summed E-state index contributed by atoms with van der Waals surface area (Å²) in [6.07, 6.45) is 2.62. The van der Waals surface area contributed by atoms with E-state index < -0.39 is 0 Å². The van der Waals surface area contributed by atoms with Crippen LogP contribution in [-0.2, 0) is 0 Å². The van der Waals surface area contributed by atoms with Gasteiger partial charge in [0.05, 0.1) is 5.69 Å². The Labute approximate surface area is 154 Å². The zero-order valence-electron chi connectivity index (χ0n) is 15.3. The van der Waals surface area contributed by atoms with E-state index in [9.17, 15) is 4.39 Å². The van der Waals surface area contributed by atoms with Gasteiger partial charge in [-0.05, 0) is 62.8 Å². The van der Waals surface area contributed by atoms with Crippen LogP contribution < -0.4 is 4.90 Å². The number of hydrogen-bond donors (Lipinski definition) is 0. The first-order valence-corrected chi connectivity index (χ1v) is 9.46. The maximum absolute atomic E-state index is 13.0. The molecule has 2 fully saturated rings. The van der Waals surface area contributed by atoms with Crippen molar-refractivity contribution in [1.29, 1.82) is 0 Å². The minimum absolute atomic E-state index is 0.236. The average Bonchev–Trinajstić information content (AvgIpc) is 2.69. The summed E-state index contributed by atoms with van der Waals surface area (Å²) in [7, 11) is 2.22. The molecular weight excluding hydrogens is 329 g/mol. The molecule has 1 atom stereocenters. The lowest BCUT2D eigenvalue weighted by atomic mass is 10.0. The van der Waals surface area contributed by atoms with Crippen LogP contribution in [0, 0.1) is 5.82 Å². The fourth-order valence-electron chi connectivity index (χ4n) is 4.02. The van der Waals surface area contributed by atoms with Crippen LogP contribution in [0.3, 0.4) is 0 Å². The molecule has 0 amide bonds. The molecule has 138 valence electrons. The van der Waals surface area contributed by atoms with Crippen molar-refractivity contribution in [3.05, 3.63) is 42.2 Å². The number of anilines is 1. The summed E-state index contributed by atoms with van der Waals surface area (Å²) in [5, 5.41) is 8.74. The monoisotopic (exact) mass is 355 g/mol. The summed E-state index contributed by atoms with van der Waals surface area (Å²) in [5.74, 6) is 0.691. The predicted molar refractivity (Wildman–Crippen MR) is 102 cm³/mol. The second-order valence-corrected chi connectivity index (χ2v) is 7.36. The lowest BCUT2D eigenvalue weighted by Crippen LogP contribution is -2.54. The second-order valence-electron chi connectivity index (χ2n) is 7.36. The number of aromatic nitrogens is 2. The Kier molecular flexibility index (Phi) is 5.13. The lowest BCUT2D eigenvalue weighted by Gasteiger charge is -2.42. The highest BCUT2D eigenvalue weighted by molar-refractivity contribution is 5.59. The number of rotatable bonds is 3. The third kappa shape index (κ3) is 3.86. The van der Waals surface area contributed by atoms with Gasteiger partial charge in [0.1, 0.15) is 5.82 Å². The van der Waals surface area contributed by atoms with Crippen molar-refractivity contribution < 1.29 is 4.39 Å². The van der Waals surface area contributed by atoms with Gasteiger partial charge in [-0.1, -0.05) is 0 Å². The van der Waals surface area contributed by atoms with E-state index in [-0.39, 0.29) is 5.82 Å². The second kappa shape index (κ2) is 7.68. The highest BCUT2D eigenvalue weighted by atomic mass is 19.1. The molecule has 0 N–H and O–H groups in total. The molecule has 26 heavy (non-hydrogen) atoms. The number of piperidine rings is 1. The maximum Gasteiger partial charge on any atom is 0.151 e. The van der Waals surface area contributed by atoms with Gasteiger partial charge < -0.3 is 9.80 Å². The molecule has 5 nitrogen and oxygen atoms in total. The highest BCUT2D eigenvalue weighted by Gasteiger charge is 2.27. The van der Waals surface area contributed by atoms with Crippen LogP contribution in [0.2, 0.25) is 0 Å². The van der Waals surface area contributed by atoms with Gasteiger partial charge in [0.2, 0.25) is 0 Å². The van der Waals surface area contributed by atoms with Crippen LogP contribution in [0.4, 0.5) is 10.2 Å². The molecule has 0 saturated carbocycles. The van der Waals surface area contributed by atoms with Gasteiger partial charge >= 0.3 is 0 Å². The van der Waals surface area contributed by atoms with Crippen molar-refractivity contribution in [2.45, 2.75) is 18.9 Å². The van der Waals surface area contributed by atoms with Crippen LogP contribution in [0.1, 0.15) is 12.8 Å². The molecule has 1 unspecified atom stereocenters. The number of hydrogen-bond acceptors (Lipinski definition) is 5. The molecule has 4 rings (SSSR count). The molecule has 0 bridgehead atoms. The zero-order valence-corrected chi connectivity index (χ0v) is 15.3. The minimum atomic E-state index is -0.236. The Morgan fingerprint density at radius 1 is 0.923 bits per heavy atom. The Balaban J connectivity index is 1.36. The van der Waals surface area contributed by atoms with Crippen molar-refractivity contribution >= 4 is 5.82 Å². The summed E-state index contributed by atoms with van der Waals surface area (Å²) >= 11 is 0. The number of nitrogens with zero attached hydrogens (tertiary/aromatic N) is 5. The van der Waals surface area contributed by atoms with Gasteiger partial charge in [-0.25, -0.2) is 4.39 Å². The summed E-state index contributed by atoms with van der Waals surface area (Å²) in [6.45, 7) is 6.56. The standard InChI is InChI=1S/C20H26FN5/c1-24-10-2-3-18(15-24)25-11-13-26(14-12-25)20-9-8-19(22-23-20)16-4-6-17(21)7-5-16/h4-9,18H,2-3,10-15H2,1H3. The number of halogens is 1. The summed E-state index contributed by atoms with van der Waals surface area (Å²) in [5.41, 5.74) is 1.66. The van der Waals surface area contributed by atoms with Crippen LogP contribution in [-0.4, -0.2) is 72.4 Å². The van der Waals surface area contributed by atoms with Crippen molar-refractivity contribution in [1.82, 2.24) is 20.0 Å². The first-order chi connectivity index (χ1) is 12.7. The van der Waals surface area contributed by atoms with Crippen LogP contribution >= 0.6 is 0 Å². The molecule has 0 radical (unpaired) electrons. The van der Waals surface area contributed by atoms with Crippen LogP contribution in [0.5, 0.6) is 0 Å². The average molecular weight is 355 g/mol. The Hall–Kier alpha value is -2.05. The fraction of sp³-hybridized carbons (Fsp3) is 0.500. The Morgan fingerprint density at radius 2 is 1.69 bits per heavy atom. The van der Waals surface area contributed by atoms with E-state index in [1.165, 1.54) is 38.1 Å². The summed E-state index contributed by atoms with van der Waals surface area (Å²) in [4.78, 5) is 7.39. The maximum atomic E-state index is 13.0. The highest BCUT2D eigenvalue weighted by Crippen LogP contribution is 2.21. The van der Waals surface area contributed by atoms with E-state index in [0.29, 0.717) is 6.04 Å². The third-order valence-corrected chi connectivity index (χ3v) is 5.54. The van der Waals surface area contributed by atoms with E-state index in [4.69, 9.17) is 0 Å². The molecule has 6 heteroatoms. The van der Waals surface area contributed by atoms with Crippen LogP contribution in [0.15, 0.2) is 36.4 Å². The topological polar surface area (TPSA) is 35.5 Å². The summed E-state index contributed by atoms with van der Waals surface area (Å²) in [6, 6.07) is 11.1. The number of likely N-dealkylation sites (tertiary alicyclic amines) is 1. The van der Waals surface area contributed by atoms with Crippen molar-refractivity contribution in [2.75, 3.05) is 51.2 Å². The molecule has 2 saturated heterocycles. The van der Waals surface area contributed by atoms with Crippen LogP contribution in [0.25, 0.3) is 11.3 Å². The van der Waals surface area contributed by atoms with Crippen molar-refractivity contribution in [3.63, 3.8) is 0 Å². The largest absolute Gasteiger partial charge is 0.353 e. The van der Waals surface area contributed by atoms with Crippen molar-refractivity contribution in [3.8, 4) is 11.3 Å². The first kappa shape index (κ1) is 17.4. The van der Waals surface area contributed by atoms with Gasteiger partial charge in [-0.3, -0.25) is 4.90 Å². The van der Waals surface area contributed by atoms with E-state index in [1.807, 2.05) is 12.1 Å².